The topological polar surface area (TPSA) is 50.7 Å². The molecule has 4 heteroatoms. The first kappa shape index (κ1) is 14.5. The van der Waals surface area contributed by atoms with Gasteiger partial charge in [0, 0.05) is 31.7 Å². The van der Waals surface area contributed by atoms with E-state index in [1.807, 2.05) is 0 Å². The van der Waals surface area contributed by atoms with Gasteiger partial charge in [0.25, 0.3) is 0 Å². The SMILES string of the molecule is OC1CC(C(NC2CCOCC2)c2ccc3c(c2)CCO3)C1. The number of hydrogen-bond acceptors (Lipinski definition) is 4. The first-order chi connectivity index (χ1) is 10.8. The van der Waals surface area contributed by atoms with Gasteiger partial charge in [-0.15, -0.1) is 0 Å². The van der Waals surface area contributed by atoms with E-state index < -0.39 is 0 Å². The molecule has 120 valence electrons. The lowest BCUT2D eigenvalue weighted by Gasteiger charge is -2.41. The zero-order valence-electron chi connectivity index (χ0n) is 13.0. The minimum absolute atomic E-state index is 0.109. The molecule has 2 fully saturated rings. The molecule has 1 atom stereocenters. The third-order valence-electron chi connectivity index (χ3n) is 5.33. The second-order valence-electron chi connectivity index (χ2n) is 6.88. The van der Waals surface area contributed by atoms with Gasteiger partial charge < -0.3 is 19.9 Å². The second kappa shape index (κ2) is 6.19. The van der Waals surface area contributed by atoms with Gasteiger partial charge in [-0.25, -0.2) is 0 Å². The molecule has 22 heavy (non-hydrogen) atoms. The van der Waals surface area contributed by atoms with Crippen LogP contribution in [0.4, 0.5) is 0 Å². The fourth-order valence-corrected chi connectivity index (χ4v) is 3.92. The van der Waals surface area contributed by atoms with Crippen molar-refractivity contribution >= 4 is 0 Å². The summed E-state index contributed by atoms with van der Waals surface area (Å²) in [4.78, 5) is 0. The van der Waals surface area contributed by atoms with Gasteiger partial charge in [0.15, 0.2) is 0 Å². The summed E-state index contributed by atoms with van der Waals surface area (Å²) >= 11 is 0. The predicted molar refractivity (Wildman–Crippen MR) is 84.1 cm³/mol. The molecule has 2 N–H and O–H groups in total. The molecule has 2 aliphatic heterocycles. The number of ether oxygens (including phenoxy) is 2. The molecular weight excluding hydrogens is 278 g/mol. The van der Waals surface area contributed by atoms with Gasteiger partial charge in [-0.05, 0) is 48.8 Å². The molecular formula is C18H25NO3. The summed E-state index contributed by atoms with van der Waals surface area (Å²) in [5.74, 6) is 1.58. The van der Waals surface area contributed by atoms with Crippen LogP contribution in [0.3, 0.4) is 0 Å². The lowest BCUT2D eigenvalue weighted by atomic mass is 9.74. The molecule has 4 rings (SSSR count). The number of benzene rings is 1. The van der Waals surface area contributed by atoms with Crippen molar-refractivity contribution in [2.24, 2.45) is 5.92 Å². The molecule has 0 amide bonds. The van der Waals surface area contributed by atoms with E-state index in [1.54, 1.807) is 0 Å². The van der Waals surface area contributed by atoms with Crippen LogP contribution in [0.2, 0.25) is 0 Å². The number of aliphatic hydroxyl groups is 1. The minimum atomic E-state index is -0.109. The summed E-state index contributed by atoms with van der Waals surface area (Å²) in [5, 5.41) is 13.6. The molecule has 3 aliphatic rings. The number of aliphatic hydroxyl groups excluding tert-OH is 1. The highest BCUT2D eigenvalue weighted by molar-refractivity contribution is 5.41. The third kappa shape index (κ3) is 2.87. The van der Waals surface area contributed by atoms with Gasteiger partial charge in [0.1, 0.15) is 5.75 Å². The van der Waals surface area contributed by atoms with Crippen LogP contribution in [-0.2, 0) is 11.2 Å². The Morgan fingerprint density at radius 2 is 1.95 bits per heavy atom. The van der Waals surface area contributed by atoms with E-state index in [9.17, 15) is 5.11 Å². The van der Waals surface area contributed by atoms with Gasteiger partial charge in [0.2, 0.25) is 0 Å². The average Bonchev–Trinajstić information content (AvgIpc) is 2.98. The number of rotatable bonds is 4. The Labute approximate surface area is 131 Å². The van der Waals surface area contributed by atoms with Crippen molar-refractivity contribution in [2.45, 2.75) is 50.3 Å². The maximum Gasteiger partial charge on any atom is 0.122 e. The van der Waals surface area contributed by atoms with Crippen molar-refractivity contribution < 1.29 is 14.6 Å². The van der Waals surface area contributed by atoms with Crippen LogP contribution in [0.1, 0.15) is 42.9 Å². The molecule has 0 spiro atoms. The molecule has 0 bridgehead atoms. The highest BCUT2D eigenvalue weighted by Crippen LogP contribution is 2.40. The first-order valence-corrected chi connectivity index (χ1v) is 8.57. The van der Waals surface area contributed by atoms with E-state index in [2.05, 4.69) is 23.5 Å². The Hall–Kier alpha value is -1.10. The Balaban J connectivity index is 1.53. The van der Waals surface area contributed by atoms with E-state index in [1.165, 1.54) is 11.1 Å². The van der Waals surface area contributed by atoms with Crippen LogP contribution < -0.4 is 10.1 Å². The molecule has 1 aromatic carbocycles. The van der Waals surface area contributed by atoms with Crippen molar-refractivity contribution in [3.63, 3.8) is 0 Å². The van der Waals surface area contributed by atoms with Gasteiger partial charge in [-0.1, -0.05) is 12.1 Å². The minimum Gasteiger partial charge on any atom is -0.493 e. The number of fused-ring (bicyclic) bond motifs is 1. The van der Waals surface area contributed by atoms with Crippen LogP contribution in [0.25, 0.3) is 0 Å². The maximum absolute atomic E-state index is 9.71. The lowest BCUT2D eigenvalue weighted by molar-refractivity contribution is 0.0146. The first-order valence-electron chi connectivity index (χ1n) is 8.57. The predicted octanol–water partition coefficient (Wildman–Crippen LogP) is 2.20. The van der Waals surface area contributed by atoms with Crippen LogP contribution in [0, 0.1) is 5.92 Å². The Morgan fingerprint density at radius 3 is 2.73 bits per heavy atom. The van der Waals surface area contributed by atoms with Crippen molar-refractivity contribution in [2.75, 3.05) is 19.8 Å². The monoisotopic (exact) mass is 303 g/mol. The lowest BCUT2D eigenvalue weighted by Crippen LogP contribution is -2.44. The van der Waals surface area contributed by atoms with Gasteiger partial charge in [0.05, 0.1) is 12.7 Å². The second-order valence-corrected chi connectivity index (χ2v) is 6.88. The maximum atomic E-state index is 9.71. The standard InChI is InChI=1S/C18H25NO3/c20-16-10-14(11-16)18(19-15-4-6-21-7-5-15)13-1-2-17-12(9-13)3-8-22-17/h1-2,9,14-16,18-20H,3-8,10-11H2. The summed E-state index contributed by atoms with van der Waals surface area (Å²) in [6.07, 6.45) is 4.89. The summed E-state index contributed by atoms with van der Waals surface area (Å²) in [6.45, 7) is 2.52. The van der Waals surface area contributed by atoms with Crippen LogP contribution >= 0.6 is 0 Å². The number of nitrogens with one attached hydrogen (secondary N) is 1. The summed E-state index contributed by atoms with van der Waals surface area (Å²) < 4.78 is 11.1. The molecule has 1 unspecified atom stereocenters. The molecule has 1 aromatic rings. The molecule has 1 aliphatic carbocycles. The quantitative estimate of drug-likeness (QED) is 0.895. The fourth-order valence-electron chi connectivity index (χ4n) is 3.92. The molecule has 0 aromatic heterocycles. The molecule has 0 radical (unpaired) electrons. The summed E-state index contributed by atoms with van der Waals surface area (Å²) in [5.41, 5.74) is 2.68. The van der Waals surface area contributed by atoms with Crippen LogP contribution in [0.5, 0.6) is 5.75 Å². The number of hydrogen-bond donors (Lipinski definition) is 2. The molecule has 1 saturated heterocycles. The largest absolute Gasteiger partial charge is 0.493 e. The third-order valence-corrected chi connectivity index (χ3v) is 5.33. The summed E-state index contributed by atoms with van der Waals surface area (Å²) in [7, 11) is 0. The van der Waals surface area contributed by atoms with Gasteiger partial charge in [-0.2, -0.15) is 0 Å². The highest BCUT2D eigenvalue weighted by Gasteiger charge is 2.36. The van der Waals surface area contributed by atoms with E-state index in [0.717, 1.165) is 57.7 Å². The zero-order valence-corrected chi connectivity index (χ0v) is 13.0. The van der Waals surface area contributed by atoms with E-state index in [0.29, 0.717) is 18.0 Å². The normalized spacial score (nSPS) is 29.5. The van der Waals surface area contributed by atoms with E-state index in [4.69, 9.17) is 9.47 Å². The summed E-state index contributed by atoms with van der Waals surface area (Å²) in [6, 6.07) is 7.50. The molecule has 1 saturated carbocycles. The average molecular weight is 303 g/mol. The van der Waals surface area contributed by atoms with Crippen molar-refractivity contribution in [1.82, 2.24) is 5.32 Å². The Bertz CT molecular complexity index is 521. The fraction of sp³-hybridized carbons (Fsp3) is 0.667. The smallest absolute Gasteiger partial charge is 0.122 e. The van der Waals surface area contributed by atoms with Crippen molar-refractivity contribution in [3.8, 4) is 5.75 Å². The Kier molecular flexibility index (Phi) is 4.07. The zero-order chi connectivity index (χ0) is 14.9. The van der Waals surface area contributed by atoms with E-state index >= 15 is 0 Å². The van der Waals surface area contributed by atoms with Crippen LogP contribution in [-0.4, -0.2) is 37.1 Å². The molecule has 2 heterocycles. The molecule has 4 nitrogen and oxygen atoms in total. The van der Waals surface area contributed by atoms with E-state index in [-0.39, 0.29) is 6.10 Å². The highest BCUT2D eigenvalue weighted by atomic mass is 16.5. The van der Waals surface area contributed by atoms with Crippen molar-refractivity contribution in [1.29, 1.82) is 0 Å². The Morgan fingerprint density at radius 1 is 1.14 bits per heavy atom. The van der Waals surface area contributed by atoms with Crippen molar-refractivity contribution in [3.05, 3.63) is 29.3 Å². The van der Waals surface area contributed by atoms with Gasteiger partial charge >= 0.3 is 0 Å². The van der Waals surface area contributed by atoms with Crippen LogP contribution in [0.15, 0.2) is 18.2 Å². The van der Waals surface area contributed by atoms with Gasteiger partial charge in [-0.3, -0.25) is 0 Å².